The van der Waals surface area contributed by atoms with E-state index in [1.165, 1.54) is 5.56 Å². The van der Waals surface area contributed by atoms with Gasteiger partial charge in [-0.05, 0) is 46.7 Å². The molecule has 0 fully saturated rings. The number of rotatable bonds is 6. The van der Waals surface area contributed by atoms with E-state index in [-0.39, 0.29) is 6.04 Å². The average Bonchev–Trinajstić information content (AvgIpc) is 2.36. The Labute approximate surface area is 117 Å². The van der Waals surface area contributed by atoms with E-state index in [4.69, 9.17) is 0 Å². The van der Waals surface area contributed by atoms with Gasteiger partial charge in [0.1, 0.15) is 0 Å². The molecule has 1 rings (SSSR count). The lowest BCUT2D eigenvalue weighted by Crippen LogP contribution is -2.38. The van der Waals surface area contributed by atoms with E-state index in [1.807, 2.05) is 26.8 Å². The van der Waals surface area contributed by atoms with Crippen molar-refractivity contribution in [1.82, 2.24) is 4.90 Å². The van der Waals surface area contributed by atoms with Crippen LogP contribution in [0, 0.1) is 0 Å². The second kappa shape index (κ2) is 6.88. The van der Waals surface area contributed by atoms with Gasteiger partial charge in [0, 0.05) is 12.1 Å². The second-order valence-corrected chi connectivity index (χ2v) is 5.86. The van der Waals surface area contributed by atoms with E-state index < -0.39 is 5.60 Å². The molecule has 0 amide bonds. The predicted molar refractivity (Wildman–Crippen MR) is 82.1 cm³/mol. The Bertz CT molecular complexity index is 391. The van der Waals surface area contributed by atoms with Gasteiger partial charge in [0.15, 0.2) is 0 Å². The van der Waals surface area contributed by atoms with Crippen LogP contribution in [0.3, 0.4) is 0 Å². The van der Waals surface area contributed by atoms with Gasteiger partial charge in [0.2, 0.25) is 0 Å². The van der Waals surface area contributed by atoms with E-state index in [9.17, 15) is 5.11 Å². The Kier molecular flexibility index (Phi) is 5.77. The Morgan fingerprint density at radius 1 is 1.26 bits per heavy atom. The first-order valence-corrected chi connectivity index (χ1v) is 6.97. The van der Waals surface area contributed by atoms with Crippen LogP contribution in [-0.2, 0) is 0 Å². The largest absolute Gasteiger partial charge is 0.390 e. The van der Waals surface area contributed by atoms with Gasteiger partial charge in [0.25, 0.3) is 0 Å². The van der Waals surface area contributed by atoms with Gasteiger partial charge >= 0.3 is 0 Å². The fourth-order valence-corrected chi connectivity index (χ4v) is 2.34. The van der Waals surface area contributed by atoms with Gasteiger partial charge in [-0.15, -0.1) is 0 Å². The standard InChI is InChI=1S/C17H27NO/c1-6-10-16(13-17(3,4)19)18(5)14(2)15-11-8-7-9-12-15/h6-12,14,16,19H,13H2,1-5H3/b10-6+/t14-,16-/m1/s1. The van der Waals surface area contributed by atoms with Crippen molar-refractivity contribution in [3.63, 3.8) is 0 Å². The number of nitrogens with zero attached hydrogens (tertiary/aromatic N) is 1. The molecule has 19 heavy (non-hydrogen) atoms. The van der Waals surface area contributed by atoms with Crippen LogP contribution in [0.15, 0.2) is 42.5 Å². The summed E-state index contributed by atoms with van der Waals surface area (Å²) in [6.07, 6.45) is 4.95. The third-order valence-electron chi connectivity index (χ3n) is 3.54. The summed E-state index contributed by atoms with van der Waals surface area (Å²) in [6.45, 7) is 7.96. The summed E-state index contributed by atoms with van der Waals surface area (Å²) < 4.78 is 0. The number of allylic oxidation sites excluding steroid dienone is 1. The molecule has 106 valence electrons. The van der Waals surface area contributed by atoms with E-state index >= 15 is 0 Å². The van der Waals surface area contributed by atoms with Crippen molar-refractivity contribution in [2.45, 2.75) is 51.8 Å². The molecule has 0 aliphatic heterocycles. The van der Waals surface area contributed by atoms with Crippen LogP contribution in [0.5, 0.6) is 0 Å². The lowest BCUT2D eigenvalue weighted by atomic mass is 9.96. The minimum atomic E-state index is -0.658. The van der Waals surface area contributed by atoms with Gasteiger partial charge in [0.05, 0.1) is 5.60 Å². The maximum absolute atomic E-state index is 10.1. The van der Waals surface area contributed by atoms with Crippen molar-refractivity contribution in [2.75, 3.05) is 7.05 Å². The predicted octanol–water partition coefficient (Wildman–Crippen LogP) is 3.79. The Morgan fingerprint density at radius 2 is 1.84 bits per heavy atom. The molecule has 2 nitrogen and oxygen atoms in total. The summed E-state index contributed by atoms with van der Waals surface area (Å²) in [5, 5.41) is 10.1. The van der Waals surface area contributed by atoms with E-state index in [0.29, 0.717) is 6.04 Å². The summed E-state index contributed by atoms with van der Waals surface area (Å²) in [4.78, 5) is 2.31. The molecule has 0 aliphatic carbocycles. The van der Waals surface area contributed by atoms with Crippen LogP contribution < -0.4 is 0 Å². The number of benzene rings is 1. The fourth-order valence-electron chi connectivity index (χ4n) is 2.34. The summed E-state index contributed by atoms with van der Waals surface area (Å²) in [5.41, 5.74) is 0.643. The van der Waals surface area contributed by atoms with Crippen LogP contribution in [0.4, 0.5) is 0 Å². The van der Waals surface area contributed by atoms with Crippen LogP contribution >= 0.6 is 0 Å². The summed E-state index contributed by atoms with van der Waals surface area (Å²) in [5.74, 6) is 0. The minimum absolute atomic E-state index is 0.236. The first kappa shape index (κ1) is 15.9. The molecular weight excluding hydrogens is 234 g/mol. The number of hydrogen-bond donors (Lipinski definition) is 1. The van der Waals surface area contributed by atoms with Crippen molar-refractivity contribution in [1.29, 1.82) is 0 Å². The van der Waals surface area contributed by atoms with Gasteiger partial charge in [-0.3, -0.25) is 4.90 Å². The smallest absolute Gasteiger partial charge is 0.0609 e. The lowest BCUT2D eigenvalue weighted by Gasteiger charge is -2.35. The first-order valence-electron chi connectivity index (χ1n) is 6.97. The Balaban J connectivity index is 2.84. The average molecular weight is 261 g/mol. The quantitative estimate of drug-likeness (QED) is 0.788. The van der Waals surface area contributed by atoms with Gasteiger partial charge < -0.3 is 5.11 Å². The van der Waals surface area contributed by atoms with Crippen molar-refractivity contribution in [3.05, 3.63) is 48.0 Å². The third-order valence-corrected chi connectivity index (χ3v) is 3.54. The Hall–Kier alpha value is -1.12. The van der Waals surface area contributed by atoms with E-state index in [0.717, 1.165) is 6.42 Å². The SMILES string of the molecule is C/C=C/[C@H](CC(C)(C)O)N(C)[C@H](C)c1ccccc1. The lowest BCUT2D eigenvalue weighted by molar-refractivity contribution is 0.0418. The molecule has 1 aromatic rings. The maximum atomic E-state index is 10.1. The Morgan fingerprint density at radius 3 is 2.32 bits per heavy atom. The minimum Gasteiger partial charge on any atom is -0.390 e. The van der Waals surface area contributed by atoms with Gasteiger partial charge in [-0.2, -0.15) is 0 Å². The summed E-state index contributed by atoms with van der Waals surface area (Å²) in [6, 6.07) is 11.0. The van der Waals surface area contributed by atoms with Crippen molar-refractivity contribution in [3.8, 4) is 0 Å². The monoisotopic (exact) mass is 261 g/mol. The molecule has 0 saturated carbocycles. The van der Waals surface area contributed by atoms with Crippen LogP contribution in [-0.4, -0.2) is 28.7 Å². The molecule has 0 bridgehead atoms. The number of hydrogen-bond acceptors (Lipinski definition) is 2. The fraction of sp³-hybridized carbons (Fsp3) is 0.529. The molecule has 1 aromatic carbocycles. The topological polar surface area (TPSA) is 23.5 Å². The third kappa shape index (κ3) is 5.17. The zero-order chi connectivity index (χ0) is 14.5. The highest BCUT2D eigenvalue weighted by Gasteiger charge is 2.24. The van der Waals surface area contributed by atoms with Gasteiger partial charge in [-0.1, -0.05) is 42.5 Å². The zero-order valence-electron chi connectivity index (χ0n) is 12.8. The molecule has 0 aliphatic rings. The van der Waals surface area contributed by atoms with E-state index in [2.05, 4.69) is 55.3 Å². The highest BCUT2D eigenvalue weighted by Crippen LogP contribution is 2.25. The van der Waals surface area contributed by atoms with Crippen molar-refractivity contribution >= 4 is 0 Å². The number of aliphatic hydroxyl groups is 1. The summed E-state index contributed by atoms with van der Waals surface area (Å²) >= 11 is 0. The molecule has 0 heterocycles. The zero-order valence-corrected chi connectivity index (χ0v) is 12.8. The molecule has 1 N–H and O–H groups in total. The molecule has 0 radical (unpaired) electrons. The van der Waals surface area contributed by atoms with Crippen LogP contribution in [0.2, 0.25) is 0 Å². The first-order chi connectivity index (χ1) is 8.85. The summed E-state index contributed by atoms with van der Waals surface area (Å²) in [7, 11) is 2.12. The van der Waals surface area contributed by atoms with Crippen LogP contribution in [0.25, 0.3) is 0 Å². The molecule has 0 spiro atoms. The van der Waals surface area contributed by atoms with E-state index in [1.54, 1.807) is 0 Å². The molecule has 0 aromatic heterocycles. The van der Waals surface area contributed by atoms with Crippen LogP contribution in [0.1, 0.15) is 45.7 Å². The molecule has 0 unspecified atom stereocenters. The second-order valence-electron chi connectivity index (χ2n) is 5.86. The highest BCUT2D eigenvalue weighted by molar-refractivity contribution is 5.19. The molecule has 2 atom stereocenters. The normalized spacial score (nSPS) is 15.9. The molecule has 2 heteroatoms. The highest BCUT2D eigenvalue weighted by atomic mass is 16.3. The van der Waals surface area contributed by atoms with Crippen molar-refractivity contribution in [2.24, 2.45) is 0 Å². The maximum Gasteiger partial charge on any atom is 0.0609 e. The van der Waals surface area contributed by atoms with Crippen molar-refractivity contribution < 1.29 is 5.11 Å². The number of likely N-dealkylation sites (N-methyl/N-ethyl adjacent to an activating group) is 1. The molecule has 0 saturated heterocycles. The molecular formula is C17H27NO. The van der Waals surface area contributed by atoms with Gasteiger partial charge in [-0.25, -0.2) is 0 Å².